The smallest absolute Gasteiger partial charge is 0.455 e. The van der Waals surface area contributed by atoms with Crippen LogP contribution in [0.4, 0.5) is 0 Å². The lowest BCUT2D eigenvalue weighted by Gasteiger charge is -2.43. The Morgan fingerprint density at radius 1 is 1.10 bits per heavy atom. The first-order valence-corrected chi connectivity index (χ1v) is 13.9. The summed E-state index contributed by atoms with van der Waals surface area (Å²) in [7, 11) is 0.636. The molecule has 4 atom stereocenters. The molecule has 0 aromatic heterocycles. The first-order valence-electron chi connectivity index (χ1n) is 13.9. The second-order valence-electron chi connectivity index (χ2n) is 10.7. The third-order valence-corrected chi connectivity index (χ3v) is 8.22. The van der Waals surface area contributed by atoms with Gasteiger partial charge in [0.15, 0.2) is 0 Å². The van der Waals surface area contributed by atoms with E-state index >= 15 is 0 Å². The molecular weight excluding hydrogens is 493 g/mol. The molecule has 1 aliphatic carbocycles. The fourth-order valence-electron chi connectivity index (χ4n) is 6.59. The summed E-state index contributed by atoms with van der Waals surface area (Å²) >= 11 is 0. The van der Waals surface area contributed by atoms with Gasteiger partial charge in [-0.2, -0.15) is 0 Å². The minimum atomic E-state index is -1.00. The minimum absolute atomic E-state index is 0.0970. The molecule has 204 valence electrons. The van der Waals surface area contributed by atoms with Crippen LogP contribution < -0.4 is 0 Å². The van der Waals surface area contributed by atoms with Crippen LogP contribution >= 0.6 is 0 Å². The zero-order valence-corrected chi connectivity index (χ0v) is 22.6. The van der Waals surface area contributed by atoms with Crippen molar-refractivity contribution in [3.63, 3.8) is 0 Å². The molecule has 7 nitrogen and oxygen atoms in total. The maximum Gasteiger partial charge on any atom is 0.455 e. The molecule has 2 fully saturated rings. The van der Waals surface area contributed by atoms with E-state index in [1.165, 1.54) is 4.90 Å². The van der Waals surface area contributed by atoms with Crippen LogP contribution in [-0.4, -0.2) is 60.3 Å². The molecule has 2 saturated heterocycles. The van der Waals surface area contributed by atoms with Crippen LogP contribution in [0.2, 0.25) is 6.32 Å². The highest BCUT2D eigenvalue weighted by molar-refractivity contribution is 6.43. The Morgan fingerprint density at radius 3 is 2.54 bits per heavy atom. The van der Waals surface area contributed by atoms with Gasteiger partial charge in [0.25, 0.3) is 0 Å². The molecule has 2 amide bonds. The Balaban J connectivity index is 1.46. The molecule has 0 saturated carbocycles. The summed E-state index contributed by atoms with van der Waals surface area (Å²) in [5.74, 6) is -1.10. The quantitative estimate of drug-likeness (QED) is 0.214. The largest absolute Gasteiger partial charge is 0.508 e. The molecule has 5 rings (SSSR count). The number of imide groups is 1. The van der Waals surface area contributed by atoms with E-state index in [9.17, 15) is 19.7 Å². The van der Waals surface area contributed by atoms with Crippen LogP contribution in [0.25, 0.3) is 11.6 Å². The van der Waals surface area contributed by atoms with Gasteiger partial charge in [0.2, 0.25) is 11.8 Å². The molecule has 39 heavy (non-hydrogen) atoms. The van der Waals surface area contributed by atoms with E-state index in [-0.39, 0.29) is 29.6 Å². The first-order chi connectivity index (χ1) is 18.9. The molecule has 0 radical (unpaired) electrons. The fourth-order valence-corrected chi connectivity index (χ4v) is 6.59. The highest BCUT2D eigenvalue weighted by Gasteiger charge is 2.57. The van der Waals surface area contributed by atoms with E-state index < -0.39 is 19.0 Å². The van der Waals surface area contributed by atoms with Gasteiger partial charge in [-0.05, 0) is 77.9 Å². The molecule has 2 aliphatic heterocycles. The summed E-state index contributed by atoms with van der Waals surface area (Å²) in [4.78, 5) is 28.1. The van der Waals surface area contributed by atoms with Crippen molar-refractivity contribution in [1.82, 2.24) is 4.90 Å². The van der Waals surface area contributed by atoms with E-state index in [0.29, 0.717) is 38.7 Å². The third kappa shape index (κ3) is 5.60. The third-order valence-electron chi connectivity index (χ3n) is 8.22. The fraction of sp³-hybridized carbons (Fsp3) is 0.419. The van der Waals surface area contributed by atoms with Crippen LogP contribution in [0.1, 0.15) is 43.7 Å². The Kier molecular flexibility index (Phi) is 8.36. The number of nitrogens with zero attached hydrogens (tertiary/aromatic N) is 1. The van der Waals surface area contributed by atoms with Gasteiger partial charge in [-0.1, -0.05) is 55.5 Å². The van der Waals surface area contributed by atoms with Crippen LogP contribution in [0.3, 0.4) is 0 Å². The van der Waals surface area contributed by atoms with Gasteiger partial charge in [-0.15, -0.1) is 0 Å². The van der Waals surface area contributed by atoms with Crippen LogP contribution in [-0.2, 0) is 19.0 Å². The van der Waals surface area contributed by atoms with Crippen molar-refractivity contribution in [1.29, 1.82) is 0 Å². The molecule has 0 bridgehead atoms. The minimum Gasteiger partial charge on any atom is -0.508 e. The van der Waals surface area contributed by atoms with E-state index in [1.54, 1.807) is 19.2 Å². The average molecular weight is 529 g/mol. The summed E-state index contributed by atoms with van der Waals surface area (Å²) in [6.45, 7) is 2.76. The number of aromatic hydroxyl groups is 1. The number of allylic oxidation sites excluding steroid dienone is 1. The first kappa shape index (κ1) is 27.4. The van der Waals surface area contributed by atoms with Crippen molar-refractivity contribution >= 4 is 30.6 Å². The van der Waals surface area contributed by atoms with Crippen molar-refractivity contribution in [2.75, 3.05) is 20.3 Å². The Labute approximate surface area is 230 Å². The van der Waals surface area contributed by atoms with Gasteiger partial charge in [-0.25, -0.2) is 0 Å². The molecular formula is C31H36BNO6. The molecule has 3 aliphatic rings. The van der Waals surface area contributed by atoms with Gasteiger partial charge < -0.3 is 19.5 Å². The maximum atomic E-state index is 13.5. The average Bonchev–Trinajstić information content (AvgIpc) is 3.17. The molecule has 2 N–H and O–H groups in total. The molecule has 2 heterocycles. The van der Waals surface area contributed by atoms with E-state index in [1.807, 2.05) is 37.3 Å². The standard InChI is InChI=1S/C31H36BNO6/c1-3-15-33-30(35)25-17-23(19-38-2)28-26(29(25)31(33)36)18-32(37)39-27(28)14-11-22(21-7-5-4-6-8-21)16-20-9-12-24(34)13-10-20/h4-10,12-13,16,25-27,29,34,37H,3,11,14-15,17-19H2,1-2H3/b22-16-/t25-,26+,27-,29-/m1/s1. The molecule has 8 heteroatoms. The number of amides is 2. The van der Waals surface area contributed by atoms with Crippen molar-refractivity contribution in [2.24, 2.45) is 17.8 Å². The van der Waals surface area contributed by atoms with Crippen molar-refractivity contribution in [2.45, 2.75) is 45.0 Å². The Hall–Kier alpha value is -3.20. The lowest BCUT2D eigenvalue weighted by molar-refractivity contribution is -0.140. The number of likely N-dealkylation sites (tertiary alicyclic amines) is 1. The monoisotopic (exact) mass is 529 g/mol. The molecule has 2 aromatic rings. The summed E-state index contributed by atoms with van der Waals surface area (Å²) in [5, 5.41) is 20.5. The number of carbonyl (C=O) groups excluding carboxylic acids is 2. The normalized spacial score (nSPS) is 25.3. The Bertz CT molecular complexity index is 1260. The number of phenolic OH excluding ortho intramolecular Hbond substituents is 1. The summed E-state index contributed by atoms with van der Waals surface area (Å²) < 4.78 is 11.7. The van der Waals surface area contributed by atoms with E-state index in [2.05, 4.69) is 18.2 Å². The number of ether oxygens (including phenoxy) is 1. The zero-order valence-electron chi connectivity index (χ0n) is 22.6. The number of carbonyl (C=O) groups is 2. The topological polar surface area (TPSA) is 96.3 Å². The van der Waals surface area contributed by atoms with Crippen LogP contribution in [0, 0.1) is 17.8 Å². The van der Waals surface area contributed by atoms with Gasteiger partial charge in [0.1, 0.15) is 5.75 Å². The number of hydrogen-bond acceptors (Lipinski definition) is 6. The number of fused-ring (bicyclic) bond motifs is 3. The number of rotatable bonds is 9. The molecule has 0 unspecified atom stereocenters. The molecule has 0 spiro atoms. The van der Waals surface area contributed by atoms with E-state index in [0.717, 1.165) is 34.3 Å². The number of methoxy groups -OCH3 is 1. The predicted octanol–water partition coefficient (Wildman–Crippen LogP) is 4.57. The predicted molar refractivity (Wildman–Crippen MR) is 150 cm³/mol. The van der Waals surface area contributed by atoms with Gasteiger partial charge in [-0.3, -0.25) is 14.5 Å². The van der Waals surface area contributed by atoms with Crippen LogP contribution in [0.15, 0.2) is 65.7 Å². The lowest BCUT2D eigenvalue weighted by atomic mass is 9.58. The number of benzene rings is 2. The number of hydrogen-bond donors (Lipinski definition) is 2. The maximum absolute atomic E-state index is 13.5. The highest BCUT2D eigenvalue weighted by atomic mass is 16.5. The second-order valence-corrected chi connectivity index (χ2v) is 10.7. The molecule has 2 aromatic carbocycles. The number of phenols is 1. The van der Waals surface area contributed by atoms with Gasteiger partial charge in [0.05, 0.1) is 24.5 Å². The highest BCUT2D eigenvalue weighted by Crippen LogP contribution is 2.50. The van der Waals surface area contributed by atoms with Gasteiger partial charge in [0, 0.05) is 13.7 Å². The second kappa shape index (κ2) is 11.9. The van der Waals surface area contributed by atoms with Crippen molar-refractivity contribution in [3.05, 3.63) is 76.9 Å². The summed E-state index contributed by atoms with van der Waals surface area (Å²) in [5.41, 5.74) is 5.20. The van der Waals surface area contributed by atoms with Gasteiger partial charge >= 0.3 is 7.12 Å². The summed E-state index contributed by atoms with van der Waals surface area (Å²) in [6.07, 6.45) is 4.49. The SMILES string of the molecule is CCCN1C(=O)[C@@H]2[C@@H](CC(COC)=C3[C@@H](CC/C(=C/c4ccc(O)cc4)c4ccccc4)OB(O)C[C@@H]32)C1=O. The van der Waals surface area contributed by atoms with Crippen molar-refractivity contribution in [3.8, 4) is 5.75 Å². The van der Waals surface area contributed by atoms with E-state index in [4.69, 9.17) is 9.39 Å². The summed E-state index contributed by atoms with van der Waals surface area (Å²) in [6, 6.07) is 17.2. The lowest BCUT2D eigenvalue weighted by Crippen LogP contribution is -2.46. The zero-order chi connectivity index (χ0) is 27.5. The Morgan fingerprint density at radius 2 is 1.85 bits per heavy atom. The van der Waals surface area contributed by atoms with Crippen LogP contribution in [0.5, 0.6) is 5.75 Å². The van der Waals surface area contributed by atoms with Crippen molar-refractivity contribution < 1.29 is 29.1 Å².